The average Bonchev–Trinajstić information content (AvgIpc) is 3.48. The van der Waals surface area contributed by atoms with Gasteiger partial charge in [-0.05, 0) is 37.1 Å². The van der Waals surface area contributed by atoms with Gasteiger partial charge in [-0.3, -0.25) is 14.5 Å². The summed E-state index contributed by atoms with van der Waals surface area (Å²) in [7, 11) is 0. The van der Waals surface area contributed by atoms with Gasteiger partial charge < -0.3 is 9.15 Å². The van der Waals surface area contributed by atoms with E-state index in [0.29, 0.717) is 22.8 Å². The Labute approximate surface area is 172 Å². The van der Waals surface area contributed by atoms with Crippen molar-refractivity contribution < 1.29 is 23.5 Å². The number of hydrogen-bond donors (Lipinski definition) is 0. The third-order valence-electron chi connectivity index (χ3n) is 5.24. The first-order chi connectivity index (χ1) is 14.6. The predicted molar refractivity (Wildman–Crippen MR) is 106 cm³/mol. The molecule has 1 fully saturated rings. The van der Waals surface area contributed by atoms with Gasteiger partial charge in [-0.2, -0.15) is 0 Å². The van der Waals surface area contributed by atoms with E-state index in [1.807, 2.05) is 30.3 Å². The molecule has 0 spiro atoms. The van der Waals surface area contributed by atoms with Crippen molar-refractivity contribution in [2.24, 2.45) is 0 Å². The number of hydrogen-bond acceptors (Lipinski definition) is 6. The van der Waals surface area contributed by atoms with Crippen molar-refractivity contribution in [1.82, 2.24) is 9.88 Å². The topological polar surface area (TPSA) is 89.7 Å². The number of rotatable bonds is 6. The van der Waals surface area contributed by atoms with Gasteiger partial charge in [-0.25, -0.2) is 9.78 Å². The zero-order chi connectivity index (χ0) is 20.7. The fourth-order valence-electron chi connectivity index (χ4n) is 3.54. The van der Waals surface area contributed by atoms with E-state index in [0.717, 1.165) is 23.3 Å². The molecule has 0 unspecified atom stereocenters. The molecule has 1 aliphatic heterocycles. The fraction of sp³-hybridized carbons (Fsp3) is 0.217. The first-order valence-electron chi connectivity index (χ1n) is 9.82. The Bertz CT molecular complexity index is 1110. The number of imide groups is 1. The third kappa shape index (κ3) is 3.18. The van der Waals surface area contributed by atoms with Crippen LogP contribution in [0.3, 0.4) is 0 Å². The monoisotopic (exact) mass is 402 g/mol. The smallest absolute Gasteiger partial charge is 0.360 e. The van der Waals surface area contributed by atoms with Gasteiger partial charge in [0.25, 0.3) is 11.8 Å². The maximum Gasteiger partial charge on any atom is 0.360 e. The molecular weight excluding hydrogens is 384 g/mol. The number of carbonyl (C=O) groups excluding carboxylic acids is 3. The van der Waals surface area contributed by atoms with E-state index in [1.54, 1.807) is 24.3 Å². The molecule has 30 heavy (non-hydrogen) atoms. The van der Waals surface area contributed by atoms with Crippen molar-refractivity contribution in [3.8, 4) is 11.5 Å². The van der Waals surface area contributed by atoms with Crippen molar-refractivity contribution in [3.63, 3.8) is 0 Å². The second-order valence-electron chi connectivity index (χ2n) is 7.32. The van der Waals surface area contributed by atoms with E-state index >= 15 is 0 Å². The van der Waals surface area contributed by atoms with Gasteiger partial charge in [0.15, 0.2) is 5.69 Å². The molecule has 0 bridgehead atoms. The molecule has 2 heterocycles. The van der Waals surface area contributed by atoms with Crippen LogP contribution in [0.2, 0.25) is 0 Å². The molecule has 0 atom stereocenters. The summed E-state index contributed by atoms with van der Waals surface area (Å²) >= 11 is 0. The van der Waals surface area contributed by atoms with Gasteiger partial charge in [0.1, 0.15) is 12.4 Å². The Morgan fingerprint density at radius 3 is 2.27 bits per heavy atom. The average molecular weight is 402 g/mol. The van der Waals surface area contributed by atoms with E-state index < -0.39 is 5.97 Å². The standard InChI is InChI=1S/C23H18N2O5/c26-21-16-8-4-5-9-17(16)22(27)25(21)12-13-29-23(28)18-19(14-10-11-14)30-20(24-18)15-6-2-1-3-7-15/h1-9,14H,10-13H2. The molecule has 2 amide bonds. The molecule has 2 aliphatic rings. The van der Waals surface area contributed by atoms with Gasteiger partial charge >= 0.3 is 5.97 Å². The SMILES string of the molecule is O=C(OCCN1C(=O)c2ccccc2C1=O)c1nc(-c2ccccc2)oc1C1CC1. The highest BCUT2D eigenvalue weighted by molar-refractivity contribution is 6.21. The van der Waals surface area contributed by atoms with Crippen LogP contribution < -0.4 is 0 Å². The Hall–Kier alpha value is -3.74. The summed E-state index contributed by atoms with van der Waals surface area (Å²) in [5.41, 5.74) is 1.69. The maximum atomic E-state index is 12.7. The number of fused-ring (bicyclic) bond motifs is 1. The van der Waals surface area contributed by atoms with E-state index in [-0.39, 0.29) is 36.6 Å². The Morgan fingerprint density at radius 1 is 1.00 bits per heavy atom. The fourth-order valence-corrected chi connectivity index (χ4v) is 3.54. The first-order valence-corrected chi connectivity index (χ1v) is 9.82. The summed E-state index contributed by atoms with van der Waals surface area (Å²) in [5.74, 6) is -0.270. The van der Waals surface area contributed by atoms with Crippen LogP contribution in [-0.2, 0) is 4.74 Å². The lowest BCUT2D eigenvalue weighted by Gasteiger charge is -2.13. The number of carbonyl (C=O) groups is 3. The molecule has 1 aliphatic carbocycles. The number of oxazole rings is 1. The number of amides is 2. The second kappa shape index (κ2) is 7.26. The Kier molecular flexibility index (Phi) is 4.43. The largest absolute Gasteiger partial charge is 0.459 e. The van der Waals surface area contributed by atoms with Crippen molar-refractivity contribution in [2.45, 2.75) is 18.8 Å². The van der Waals surface area contributed by atoms with Crippen LogP contribution in [0.4, 0.5) is 0 Å². The minimum atomic E-state index is -0.612. The zero-order valence-electron chi connectivity index (χ0n) is 16.0. The molecule has 7 heteroatoms. The number of esters is 1. The number of ether oxygens (including phenoxy) is 1. The molecule has 3 aromatic rings. The van der Waals surface area contributed by atoms with Crippen molar-refractivity contribution in [3.05, 3.63) is 77.2 Å². The maximum absolute atomic E-state index is 12.7. The predicted octanol–water partition coefficient (Wildman–Crippen LogP) is 3.67. The lowest BCUT2D eigenvalue weighted by molar-refractivity contribution is 0.0414. The Balaban J connectivity index is 1.28. The van der Waals surface area contributed by atoms with Crippen LogP contribution in [0.5, 0.6) is 0 Å². The summed E-state index contributed by atoms with van der Waals surface area (Å²) in [4.78, 5) is 42.9. The van der Waals surface area contributed by atoms with E-state index in [9.17, 15) is 14.4 Å². The van der Waals surface area contributed by atoms with Crippen LogP contribution in [0, 0.1) is 0 Å². The molecule has 1 saturated carbocycles. The molecule has 0 radical (unpaired) electrons. The highest BCUT2D eigenvalue weighted by atomic mass is 16.5. The van der Waals surface area contributed by atoms with Gasteiger partial charge in [0.05, 0.1) is 17.7 Å². The van der Waals surface area contributed by atoms with Crippen LogP contribution in [-0.4, -0.2) is 40.8 Å². The van der Waals surface area contributed by atoms with Gasteiger partial charge in [0, 0.05) is 11.5 Å². The van der Waals surface area contributed by atoms with E-state index in [4.69, 9.17) is 9.15 Å². The zero-order valence-corrected chi connectivity index (χ0v) is 16.0. The summed E-state index contributed by atoms with van der Waals surface area (Å²) < 4.78 is 11.2. The van der Waals surface area contributed by atoms with E-state index in [1.165, 1.54) is 0 Å². The minimum absolute atomic E-state index is 0.0136. The molecule has 2 aromatic carbocycles. The number of aromatic nitrogens is 1. The summed E-state index contributed by atoms with van der Waals surface area (Å²) in [6.45, 7) is -0.123. The molecule has 0 N–H and O–H groups in total. The van der Waals surface area contributed by atoms with Gasteiger partial charge in [-0.15, -0.1) is 0 Å². The van der Waals surface area contributed by atoms with Crippen molar-refractivity contribution in [1.29, 1.82) is 0 Å². The van der Waals surface area contributed by atoms with E-state index in [2.05, 4.69) is 4.98 Å². The molecule has 5 rings (SSSR count). The normalized spacial score (nSPS) is 15.4. The highest BCUT2D eigenvalue weighted by Crippen LogP contribution is 2.43. The lowest BCUT2D eigenvalue weighted by Crippen LogP contribution is -2.33. The third-order valence-corrected chi connectivity index (χ3v) is 5.24. The molecule has 0 saturated heterocycles. The van der Waals surface area contributed by atoms with Crippen LogP contribution in [0.15, 0.2) is 59.0 Å². The van der Waals surface area contributed by atoms with Crippen LogP contribution in [0.1, 0.15) is 55.7 Å². The van der Waals surface area contributed by atoms with Crippen molar-refractivity contribution >= 4 is 17.8 Å². The van der Waals surface area contributed by atoms with Gasteiger partial charge in [-0.1, -0.05) is 30.3 Å². The van der Waals surface area contributed by atoms with Crippen LogP contribution in [0.25, 0.3) is 11.5 Å². The molecule has 1 aromatic heterocycles. The van der Waals surface area contributed by atoms with Crippen LogP contribution >= 0.6 is 0 Å². The second-order valence-corrected chi connectivity index (χ2v) is 7.32. The quantitative estimate of drug-likeness (QED) is 0.462. The minimum Gasteiger partial charge on any atom is -0.459 e. The van der Waals surface area contributed by atoms with Crippen molar-refractivity contribution in [2.75, 3.05) is 13.2 Å². The highest BCUT2D eigenvalue weighted by Gasteiger charge is 2.36. The lowest BCUT2D eigenvalue weighted by atomic mass is 10.1. The molecular formula is C23H18N2O5. The Morgan fingerprint density at radius 2 is 1.63 bits per heavy atom. The number of nitrogens with zero attached hydrogens (tertiary/aromatic N) is 2. The summed E-state index contributed by atoms with van der Waals surface area (Å²) in [6.07, 6.45) is 1.89. The number of benzene rings is 2. The molecule has 7 nitrogen and oxygen atoms in total. The molecule has 150 valence electrons. The summed E-state index contributed by atoms with van der Waals surface area (Å²) in [6, 6.07) is 16.0. The summed E-state index contributed by atoms with van der Waals surface area (Å²) in [5, 5.41) is 0. The first kappa shape index (κ1) is 18.3. The van der Waals surface area contributed by atoms with Gasteiger partial charge in [0.2, 0.25) is 5.89 Å².